The quantitative estimate of drug-likeness (QED) is 0.498. The van der Waals surface area contributed by atoms with E-state index >= 15 is 0 Å². The summed E-state index contributed by atoms with van der Waals surface area (Å²) in [7, 11) is 3.14. The molecular weight excluding hydrogens is 362 g/mol. The number of rotatable bonds is 5. The van der Waals surface area contributed by atoms with E-state index in [0.29, 0.717) is 0 Å². The van der Waals surface area contributed by atoms with Crippen LogP contribution in [-0.2, 0) is 0 Å². The zero-order valence-corrected chi connectivity index (χ0v) is 16.9. The molecule has 9 nitrogen and oxygen atoms in total. The molecule has 2 aromatic rings. The number of benzene rings is 1. The first-order valence-corrected chi connectivity index (χ1v) is 8.85. The third kappa shape index (κ3) is 4.36. The second kappa shape index (κ2) is 7.79. The topological polar surface area (TPSA) is 130 Å². The van der Waals surface area contributed by atoms with Crippen molar-refractivity contribution < 1.29 is 9.90 Å². The van der Waals surface area contributed by atoms with E-state index in [0.717, 1.165) is 0 Å². The Kier molecular flexibility index (Phi) is 5.86. The van der Waals surface area contributed by atoms with Crippen molar-refractivity contribution in [3.8, 4) is 5.75 Å². The van der Waals surface area contributed by atoms with Crippen molar-refractivity contribution >= 4 is 23.0 Å². The highest BCUT2D eigenvalue weighted by Gasteiger charge is 2.24. The normalized spacial score (nSPS) is 12.4. The van der Waals surface area contributed by atoms with Gasteiger partial charge in [-0.05, 0) is 24.5 Å². The number of carbonyl (C=O) groups excluding carboxylic acids is 1. The van der Waals surface area contributed by atoms with Gasteiger partial charge in [0.25, 0.3) is 17.0 Å². The first-order chi connectivity index (χ1) is 12.9. The second-order valence-electron chi connectivity index (χ2n) is 7.92. The van der Waals surface area contributed by atoms with Crippen LogP contribution in [-0.4, -0.2) is 46.2 Å². The number of H-pyrrole nitrogens is 2. The summed E-state index contributed by atoms with van der Waals surface area (Å²) in [6.07, 6.45) is 0. The van der Waals surface area contributed by atoms with E-state index in [-0.39, 0.29) is 45.7 Å². The summed E-state index contributed by atoms with van der Waals surface area (Å²) in [6.45, 7) is 7.90. The van der Waals surface area contributed by atoms with Gasteiger partial charge in [-0.1, -0.05) is 26.8 Å². The van der Waals surface area contributed by atoms with E-state index in [1.165, 1.54) is 17.0 Å². The number of hydrogen-bond acceptors (Lipinski definition) is 6. The van der Waals surface area contributed by atoms with E-state index in [1.807, 2.05) is 27.7 Å². The maximum absolute atomic E-state index is 12.4. The molecule has 0 spiro atoms. The molecule has 1 aromatic carbocycles. The number of nitrogens with one attached hydrogen (secondary N) is 4. The molecule has 0 saturated carbocycles. The van der Waals surface area contributed by atoms with Gasteiger partial charge in [-0.2, -0.15) is 0 Å². The molecule has 0 aliphatic rings. The van der Waals surface area contributed by atoms with Gasteiger partial charge >= 0.3 is 0 Å². The van der Waals surface area contributed by atoms with Gasteiger partial charge in [0.15, 0.2) is 5.75 Å². The molecule has 1 heterocycles. The third-order valence-electron chi connectivity index (χ3n) is 4.59. The number of anilines is 3. The summed E-state index contributed by atoms with van der Waals surface area (Å²) in [5, 5.41) is 20.9. The molecule has 0 aliphatic heterocycles. The maximum Gasteiger partial charge on any atom is 0.288 e. The van der Waals surface area contributed by atoms with Gasteiger partial charge < -0.3 is 20.6 Å². The number of para-hydroxylation sites is 1. The van der Waals surface area contributed by atoms with Crippen molar-refractivity contribution in [1.29, 1.82) is 0 Å². The van der Waals surface area contributed by atoms with E-state index in [9.17, 15) is 19.5 Å². The van der Waals surface area contributed by atoms with Crippen LogP contribution in [0.15, 0.2) is 27.8 Å². The van der Waals surface area contributed by atoms with Crippen molar-refractivity contribution in [2.45, 2.75) is 33.7 Å². The highest BCUT2D eigenvalue weighted by Crippen LogP contribution is 2.32. The summed E-state index contributed by atoms with van der Waals surface area (Å²) in [4.78, 5) is 38.3. The van der Waals surface area contributed by atoms with Gasteiger partial charge in [0.1, 0.15) is 11.4 Å². The smallest absolute Gasteiger partial charge is 0.288 e. The molecule has 0 unspecified atom stereocenters. The standard InChI is InChI=1S/C19H27N5O4/c1-10(19(2,3)4)20-13-14(17(27)23-22-16(13)26)21-12-9-7-8-11(15(12)25)18(28)24(5)6/h7-10,25H,1-6H3,(H2,20,23,27)(H2,21,22,26)/t10-/m0/s1. The molecule has 9 heteroatoms. The summed E-state index contributed by atoms with van der Waals surface area (Å²) in [6, 6.07) is 4.43. The molecule has 0 radical (unpaired) electrons. The molecule has 152 valence electrons. The Balaban J connectivity index is 2.52. The summed E-state index contributed by atoms with van der Waals surface area (Å²) >= 11 is 0. The molecule has 0 bridgehead atoms. The first-order valence-electron chi connectivity index (χ1n) is 8.85. The predicted octanol–water partition coefficient (Wildman–Crippen LogP) is 2.06. The molecule has 2 rings (SSSR count). The molecule has 0 fully saturated rings. The average Bonchev–Trinajstić information content (AvgIpc) is 2.60. The van der Waals surface area contributed by atoms with Crippen molar-refractivity contribution in [3.63, 3.8) is 0 Å². The Bertz CT molecular complexity index is 985. The Morgan fingerprint density at radius 3 is 2.21 bits per heavy atom. The largest absolute Gasteiger partial charge is 0.505 e. The Morgan fingerprint density at radius 1 is 1.11 bits per heavy atom. The maximum atomic E-state index is 12.4. The number of amides is 1. The van der Waals surface area contributed by atoms with Crippen LogP contribution >= 0.6 is 0 Å². The fraction of sp³-hybridized carbons (Fsp3) is 0.421. The monoisotopic (exact) mass is 389 g/mol. The molecule has 1 amide bonds. The van der Waals surface area contributed by atoms with Crippen molar-refractivity contribution in [3.05, 3.63) is 44.5 Å². The van der Waals surface area contributed by atoms with E-state index in [4.69, 9.17) is 0 Å². The number of carbonyl (C=O) groups is 1. The zero-order chi connectivity index (χ0) is 21.2. The average molecular weight is 389 g/mol. The minimum absolute atomic E-state index is 0.0508. The lowest BCUT2D eigenvalue weighted by Gasteiger charge is -2.29. The number of aromatic hydroxyl groups is 1. The summed E-state index contributed by atoms with van der Waals surface area (Å²) < 4.78 is 0. The van der Waals surface area contributed by atoms with Crippen LogP contribution in [0.5, 0.6) is 5.75 Å². The van der Waals surface area contributed by atoms with E-state index in [2.05, 4.69) is 20.8 Å². The number of hydrogen-bond donors (Lipinski definition) is 5. The van der Waals surface area contributed by atoms with Crippen LogP contribution in [0.1, 0.15) is 38.1 Å². The Hall–Kier alpha value is -3.23. The molecule has 0 aliphatic carbocycles. The van der Waals surface area contributed by atoms with Gasteiger partial charge in [-0.25, -0.2) is 0 Å². The van der Waals surface area contributed by atoms with Gasteiger partial charge in [-0.15, -0.1) is 0 Å². The first kappa shape index (κ1) is 21.1. The molecular formula is C19H27N5O4. The number of aromatic nitrogens is 2. The second-order valence-corrected chi connectivity index (χ2v) is 7.92. The summed E-state index contributed by atoms with van der Waals surface area (Å²) in [5.74, 6) is -0.698. The lowest BCUT2D eigenvalue weighted by atomic mass is 9.88. The van der Waals surface area contributed by atoms with Crippen LogP contribution in [0.25, 0.3) is 0 Å². The molecule has 1 atom stereocenters. The van der Waals surface area contributed by atoms with Crippen LogP contribution in [0.3, 0.4) is 0 Å². The van der Waals surface area contributed by atoms with E-state index in [1.54, 1.807) is 20.2 Å². The van der Waals surface area contributed by atoms with Crippen molar-refractivity contribution in [2.24, 2.45) is 5.41 Å². The lowest BCUT2D eigenvalue weighted by Crippen LogP contribution is -2.35. The van der Waals surface area contributed by atoms with Crippen molar-refractivity contribution in [2.75, 3.05) is 24.7 Å². The predicted molar refractivity (Wildman–Crippen MR) is 110 cm³/mol. The Morgan fingerprint density at radius 2 is 1.68 bits per heavy atom. The van der Waals surface area contributed by atoms with Gasteiger partial charge in [0, 0.05) is 20.1 Å². The van der Waals surface area contributed by atoms with Crippen molar-refractivity contribution in [1.82, 2.24) is 15.1 Å². The number of nitrogens with zero attached hydrogens (tertiary/aromatic N) is 1. The molecule has 1 aromatic heterocycles. The third-order valence-corrected chi connectivity index (χ3v) is 4.59. The minimum atomic E-state index is -0.577. The van der Waals surface area contributed by atoms with Crippen LogP contribution in [0.2, 0.25) is 0 Å². The van der Waals surface area contributed by atoms with Crippen LogP contribution in [0.4, 0.5) is 17.1 Å². The van der Waals surface area contributed by atoms with Gasteiger partial charge in [0.05, 0.1) is 11.3 Å². The lowest BCUT2D eigenvalue weighted by molar-refractivity contribution is 0.0824. The fourth-order valence-corrected chi connectivity index (χ4v) is 2.35. The van der Waals surface area contributed by atoms with E-state index < -0.39 is 11.1 Å². The Labute approximate surface area is 162 Å². The van der Waals surface area contributed by atoms with Gasteiger partial charge in [0.2, 0.25) is 0 Å². The van der Waals surface area contributed by atoms with Gasteiger partial charge in [-0.3, -0.25) is 24.6 Å². The number of phenolic OH excluding ortho intramolecular Hbond substituents is 1. The molecule has 28 heavy (non-hydrogen) atoms. The molecule has 0 saturated heterocycles. The highest BCUT2D eigenvalue weighted by molar-refractivity contribution is 5.98. The highest BCUT2D eigenvalue weighted by atomic mass is 16.3. The van der Waals surface area contributed by atoms with Crippen LogP contribution in [0, 0.1) is 5.41 Å². The number of phenols is 1. The summed E-state index contributed by atoms with van der Waals surface area (Å²) in [5.41, 5.74) is -1.05. The number of aromatic amines is 2. The minimum Gasteiger partial charge on any atom is -0.505 e. The SMILES string of the molecule is C[C@H](Nc1c(Nc2cccc(C(=O)N(C)C)c2O)c(=O)[nH][nH]c1=O)C(C)(C)C. The zero-order valence-electron chi connectivity index (χ0n) is 16.9. The molecule has 5 N–H and O–H groups in total. The fourth-order valence-electron chi connectivity index (χ4n) is 2.35. The van der Waals surface area contributed by atoms with Crippen LogP contribution < -0.4 is 21.8 Å².